The molecule has 0 unspecified atom stereocenters. The lowest BCUT2D eigenvalue weighted by atomic mass is 9.95. The first-order valence-electron chi connectivity index (χ1n) is 11.2. The Hall–Kier alpha value is -3.79. The van der Waals surface area contributed by atoms with Gasteiger partial charge in [-0.15, -0.1) is 0 Å². The predicted molar refractivity (Wildman–Crippen MR) is 130 cm³/mol. The summed E-state index contributed by atoms with van der Waals surface area (Å²) in [4.78, 5) is 23.2. The van der Waals surface area contributed by atoms with E-state index in [0.29, 0.717) is 0 Å². The summed E-state index contributed by atoms with van der Waals surface area (Å²) < 4.78 is 40.7. The zero-order chi connectivity index (χ0) is 25.0. The van der Waals surface area contributed by atoms with Gasteiger partial charge in [-0.25, -0.2) is 17.5 Å². The number of hydrogen-bond acceptors (Lipinski definition) is 6. The van der Waals surface area contributed by atoms with Crippen molar-refractivity contribution >= 4 is 27.3 Å². The van der Waals surface area contributed by atoms with Crippen LogP contribution in [-0.4, -0.2) is 25.3 Å². The van der Waals surface area contributed by atoms with Crippen LogP contribution in [0.1, 0.15) is 42.5 Å². The summed E-state index contributed by atoms with van der Waals surface area (Å²) in [7, 11) is -4.35. The van der Waals surface area contributed by atoms with Crippen molar-refractivity contribution in [3.63, 3.8) is 0 Å². The molecular weight excluding hydrogens is 473 g/mol. The number of sulfonamides is 1. The van der Waals surface area contributed by atoms with E-state index >= 15 is 0 Å². The molecule has 3 aromatic rings. The first-order chi connectivity index (χ1) is 16.7. The highest BCUT2D eigenvalue weighted by atomic mass is 32.2. The Balaban J connectivity index is 1.50. The Morgan fingerprint density at radius 3 is 2.11 bits per heavy atom. The predicted octanol–water partition coefficient (Wildman–Crippen LogP) is 5.26. The van der Waals surface area contributed by atoms with Gasteiger partial charge in [-0.1, -0.05) is 43.5 Å². The number of nitrogens with one attached hydrogen (secondary N) is 2. The quantitative estimate of drug-likeness (QED) is 0.339. The van der Waals surface area contributed by atoms with Crippen molar-refractivity contribution in [2.75, 3.05) is 5.32 Å². The van der Waals surface area contributed by atoms with E-state index in [0.717, 1.165) is 49.3 Å². The van der Waals surface area contributed by atoms with Gasteiger partial charge >= 0.3 is 0 Å². The highest BCUT2D eigenvalue weighted by Crippen LogP contribution is 2.31. The molecule has 0 radical (unpaired) electrons. The number of nitrogens with zero attached hydrogens (tertiary/aromatic N) is 1. The van der Waals surface area contributed by atoms with Crippen molar-refractivity contribution in [2.24, 2.45) is 0 Å². The van der Waals surface area contributed by atoms with E-state index in [4.69, 9.17) is 0 Å². The van der Waals surface area contributed by atoms with E-state index < -0.39 is 20.9 Å². The average molecular weight is 498 g/mol. The van der Waals surface area contributed by atoms with E-state index in [1.165, 1.54) is 36.4 Å². The number of anilines is 1. The summed E-state index contributed by atoms with van der Waals surface area (Å²) >= 11 is 0. The molecule has 0 saturated heterocycles. The zero-order valence-electron chi connectivity index (χ0n) is 18.7. The Morgan fingerprint density at radius 2 is 1.51 bits per heavy atom. The SMILES string of the molecule is O=C(NS(=O)(=O)c1ccc(NC2CCCCC2)c([N+](=O)[O-])c1)c1ccc(-c2ccc(F)cc2)cc1. The van der Waals surface area contributed by atoms with Crippen LogP contribution >= 0.6 is 0 Å². The molecule has 1 aliphatic rings. The lowest BCUT2D eigenvalue weighted by molar-refractivity contribution is -0.384. The summed E-state index contributed by atoms with van der Waals surface area (Å²) in [6.45, 7) is 0. The molecule has 0 aliphatic heterocycles. The maximum atomic E-state index is 13.1. The van der Waals surface area contributed by atoms with Crippen molar-refractivity contribution < 1.29 is 22.5 Å². The second kappa shape index (κ2) is 10.2. The first-order valence-corrected chi connectivity index (χ1v) is 12.7. The number of hydrogen-bond donors (Lipinski definition) is 2. The van der Waals surface area contributed by atoms with Gasteiger partial charge in [0.25, 0.3) is 21.6 Å². The van der Waals surface area contributed by atoms with Crippen molar-refractivity contribution in [3.05, 3.63) is 88.2 Å². The topological polar surface area (TPSA) is 118 Å². The van der Waals surface area contributed by atoms with Gasteiger partial charge < -0.3 is 5.32 Å². The lowest BCUT2D eigenvalue weighted by Crippen LogP contribution is -2.30. The van der Waals surface area contributed by atoms with Gasteiger partial charge in [-0.3, -0.25) is 14.9 Å². The van der Waals surface area contributed by atoms with Crippen LogP contribution < -0.4 is 10.0 Å². The van der Waals surface area contributed by atoms with Crippen LogP contribution in [0.2, 0.25) is 0 Å². The molecule has 0 aromatic heterocycles. The molecule has 35 heavy (non-hydrogen) atoms. The number of nitro groups is 1. The molecule has 3 aromatic carbocycles. The van der Waals surface area contributed by atoms with E-state index in [9.17, 15) is 27.7 Å². The average Bonchev–Trinajstić information content (AvgIpc) is 2.85. The number of amides is 1. The van der Waals surface area contributed by atoms with Gasteiger partial charge in [-0.05, 0) is 60.4 Å². The van der Waals surface area contributed by atoms with Gasteiger partial charge in [0, 0.05) is 17.7 Å². The minimum absolute atomic E-state index is 0.0875. The van der Waals surface area contributed by atoms with E-state index in [1.807, 2.05) is 4.72 Å². The van der Waals surface area contributed by atoms with Crippen LogP contribution in [0.5, 0.6) is 0 Å². The summed E-state index contributed by atoms with van der Waals surface area (Å²) in [5, 5.41) is 14.8. The fourth-order valence-electron chi connectivity index (χ4n) is 4.11. The molecule has 4 rings (SSSR count). The molecule has 1 aliphatic carbocycles. The van der Waals surface area contributed by atoms with Crippen molar-refractivity contribution in [1.29, 1.82) is 0 Å². The van der Waals surface area contributed by atoms with E-state index in [1.54, 1.807) is 24.3 Å². The molecule has 1 fully saturated rings. The summed E-state index contributed by atoms with van der Waals surface area (Å²) in [5.41, 5.74) is 1.43. The number of carbonyl (C=O) groups is 1. The fourth-order valence-corrected chi connectivity index (χ4v) is 5.11. The van der Waals surface area contributed by atoms with Gasteiger partial charge in [0.15, 0.2) is 0 Å². The van der Waals surface area contributed by atoms with Crippen LogP contribution in [0.4, 0.5) is 15.8 Å². The minimum Gasteiger partial charge on any atom is -0.377 e. The van der Waals surface area contributed by atoms with Gasteiger partial charge in [0.1, 0.15) is 11.5 Å². The first kappa shape index (κ1) is 24.3. The molecule has 10 heteroatoms. The summed E-state index contributed by atoms with van der Waals surface area (Å²) in [6.07, 6.45) is 5.00. The third-order valence-electron chi connectivity index (χ3n) is 5.99. The number of carbonyl (C=O) groups excluding carboxylic acids is 1. The molecule has 0 spiro atoms. The fraction of sp³-hybridized carbons (Fsp3) is 0.240. The number of nitro benzene ring substituents is 1. The monoisotopic (exact) mass is 497 g/mol. The second-order valence-corrected chi connectivity index (χ2v) is 10.1. The molecule has 2 N–H and O–H groups in total. The van der Waals surface area contributed by atoms with Crippen molar-refractivity contribution in [1.82, 2.24) is 4.72 Å². The van der Waals surface area contributed by atoms with E-state index in [-0.39, 0.29) is 33.7 Å². The smallest absolute Gasteiger partial charge is 0.293 e. The Morgan fingerprint density at radius 1 is 0.914 bits per heavy atom. The van der Waals surface area contributed by atoms with Crippen LogP contribution in [0, 0.1) is 15.9 Å². The molecule has 182 valence electrons. The van der Waals surface area contributed by atoms with E-state index in [2.05, 4.69) is 5.32 Å². The zero-order valence-corrected chi connectivity index (χ0v) is 19.6. The van der Waals surface area contributed by atoms with Gasteiger partial charge in [-0.2, -0.15) is 0 Å². The third kappa shape index (κ3) is 5.83. The highest BCUT2D eigenvalue weighted by molar-refractivity contribution is 7.90. The highest BCUT2D eigenvalue weighted by Gasteiger charge is 2.25. The number of benzene rings is 3. The summed E-state index contributed by atoms with van der Waals surface area (Å²) in [5.74, 6) is -1.24. The molecule has 0 heterocycles. The second-order valence-electron chi connectivity index (χ2n) is 8.43. The number of halogens is 1. The maximum Gasteiger partial charge on any atom is 0.293 e. The van der Waals surface area contributed by atoms with Crippen molar-refractivity contribution in [2.45, 2.75) is 43.0 Å². The minimum atomic E-state index is -4.35. The maximum absolute atomic E-state index is 13.1. The lowest BCUT2D eigenvalue weighted by Gasteiger charge is -2.23. The Kier molecular flexibility index (Phi) is 7.11. The normalized spacial score (nSPS) is 14.3. The van der Waals surface area contributed by atoms with Crippen LogP contribution in [0.15, 0.2) is 71.6 Å². The van der Waals surface area contributed by atoms with Crippen molar-refractivity contribution in [3.8, 4) is 11.1 Å². The number of rotatable bonds is 7. The standard InChI is InChI=1S/C25H24FN3O5S/c26-20-12-10-18(11-13-20)17-6-8-19(9-7-17)25(30)28-35(33,34)22-14-15-23(24(16-22)29(31)32)27-21-4-2-1-3-5-21/h6-16,21,27H,1-5H2,(H,28,30). The van der Waals surface area contributed by atoms with Gasteiger partial charge in [0.05, 0.1) is 9.82 Å². The molecule has 8 nitrogen and oxygen atoms in total. The Bertz CT molecular complexity index is 1340. The summed E-state index contributed by atoms with van der Waals surface area (Å²) in [6, 6.07) is 15.6. The van der Waals surface area contributed by atoms with Crippen LogP contribution in [0.3, 0.4) is 0 Å². The molecular formula is C25H24FN3O5S. The largest absolute Gasteiger partial charge is 0.377 e. The molecule has 0 bridgehead atoms. The molecule has 1 saturated carbocycles. The molecule has 0 atom stereocenters. The van der Waals surface area contributed by atoms with Gasteiger partial charge in [0.2, 0.25) is 0 Å². The van der Waals surface area contributed by atoms with Crippen LogP contribution in [-0.2, 0) is 10.0 Å². The Labute approximate surface area is 202 Å². The third-order valence-corrected chi connectivity index (χ3v) is 7.32. The van der Waals surface area contributed by atoms with Crippen LogP contribution in [0.25, 0.3) is 11.1 Å². The molecule has 1 amide bonds.